The van der Waals surface area contributed by atoms with E-state index in [4.69, 9.17) is 0 Å². The van der Waals surface area contributed by atoms with Gasteiger partial charge in [0, 0.05) is 17.1 Å². The number of benzene rings is 8. The molecule has 0 aromatic heterocycles. The van der Waals surface area contributed by atoms with E-state index in [1.807, 2.05) is 0 Å². The van der Waals surface area contributed by atoms with Crippen LogP contribution in [-0.4, -0.2) is 0 Å². The summed E-state index contributed by atoms with van der Waals surface area (Å²) in [7, 11) is 0. The third-order valence-corrected chi connectivity index (χ3v) is 8.41. The first-order valence-corrected chi connectivity index (χ1v) is 14.8. The highest BCUT2D eigenvalue weighted by Gasteiger charge is 2.16. The first-order valence-electron chi connectivity index (χ1n) is 14.8. The van der Waals surface area contributed by atoms with Crippen molar-refractivity contribution in [1.29, 1.82) is 0 Å². The zero-order valence-electron chi connectivity index (χ0n) is 23.7. The van der Waals surface area contributed by atoms with E-state index in [1.54, 1.807) is 0 Å². The summed E-state index contributed by atoms with van der Waals surface area (Å²) in [6, 6.07) is 63.3. The molecule has 0 saturated carbocycles. The van der Waals surface area contributed by atoms with E-state index in [1.165, 1.54) is 54.6 Å². The lowest BCUT2D eigenvalue weighted by molar-refractivity contribution is 1.28. The molecule has 0 N–H and O–H groups in total. The molecule has 0 fully saturated rings. The molecular weight excluding hydrogens is 518 g/mol. The Morgan fingerprint density at radius 2 is 0.674 bits per heavy atom. The number of para-hydroxylation sites is 2. The second-order valence-corrected chi connectivity index (χ2v) is 11.0. The average molecular weight is 548 g/mol. The number of hydrogen-bond donors (Lipinski definition) is 0. The molecule has 202 valence electrons. The van der Waals surface area contributed by atoms with Gasteiger partial charge in [0.2, 0.25) is 0 Å². The minimum Gasteiger partial charge on any atom is -0.311 e. The quantitative estimate of drug-likeness (QED) is 0.194. The summed E-state index contributed by atoms with van der Waals surface area (Å²) >= 11 is 0. The number of fused-ring (bicyclic) bond motifs is 5. The van der Waals surface area contributed by atoms with Gasteiger partial charge in [-0.3, -0.25) is 0 Å². The summed E-state index contributed by atoms with van der Waals surface area (Å²) in [6.07, 6.45) is 0. The fourth-order valence-corrected chi connectivity index (χ4v) is 6.47. The standard InChI is InChI=1S/C42H29N/c1-4-14-30(15-5-1)40-28-32-29-41(37-21-11-13-23-39(37)42(32)38-22-12-10-20-36(38)40)31-24-26-35(27-25-31)43(33-16-6-2-7-17-33)34-18-8-3-9-19-34/h1-29H. The molecule has 0 bridgehead atoms. The fraction of sp³-hybridized carbons (Fsp3) is 0. The van der Waals surface area contributed by atoms with E-state index in [0.717, 1.165) is 17.1 Å². The third-order valence-electron chi connectivity index (χ3n) is 8.41. The minimum atomic E-state index is 1.13. The first kappa shape index (κ1) is 25.1. The van der Waals surface area contributed by atoms with E-state index in [2.05, 4.69) is 181 Å². The van der Waals surface area contributed by atoms with Crippen LogP contribution in [0.15, 0.2) is 176 Å². The molecule has 1 heteroatoms. The summed E-state index contributed by atoms with van der Waals surface area (Å²) in [6.45, 7) is 0. The maximum atomic E-state index is 2.39. The molecule has 0 heterocycles. The second kappa shape index (κ2) is 10.6. The molecule has 0 spiro atoms. The SMILES string of the molecule is c1ccc(-c2cc3cc(-c4ccc(N(c5ccccc5)c5ccccc5)cc4)c4ccccc4c3c3ccccc23)cc1. The highest BCUT2D eigenvalue weighted by atomic mass is 15.1. The van der Waals surface area contributed by atoms with Gasteiger partial charge in [-0.25, -0.2) is 0 Å². The van der Waals surface area contributed by atoms with Crippen LogP contribution in [0.5, 0.6) is 0 Å². The van der Waals surface area contributed by atoms with Crippen molar-refractivity contribution in [2.45, 2.75) is 0 Å². The van der Waals surface area contributed by atoms with Gasteiger partial charge in [0.15, 0.2) is 0 Å². The van der Waals surface area contributed by atoms with Crippen molar-refractivity contribution in [3.8, 4) is 22.3 Å². The van der Waals surface area contributed by atoms with Gasteiger partial charge >= 0.3 is 0 Å². The van der Waals surface area contributed by atoms with Crippen molar-refractivity contribution in [3.63, 3.8) is 0 Å². The van der Waals surface area contributed by atoms with Crippen molar-refractivity contribution in [2.24, 2.45) is 0 Å². The minimum absolute atomic E-state index is 1.13. The molecule has 0 saturated heterocycles. The summed E-state index contributed by atoms with van der Waals surface area (Å²) < 4.78 is 0. The summed E-state index contributed by atoms with van der Waals surface area (Å²) in [5.74, 6) is 0. The van der Waals surface area contributed by atoms with Gasteiger partial charge in [-0.05, 0) is 103 Å². The van der Waals surface area contributed by atoms with E-state index in [0.29, 0.717) is 0 Å². The highest BCUT2D eigenvalue weighted by molar-refractivity contribution is 6.25. The molecular formula is C42H29N. The van der Waals surface area contributed by atoms with Gasteiger partial charge in [-0.15, -0.1) is 0 Å². The fourth-order valence-electron chi connectivity index (χ4n) is 6.47. The maximum Gasteiger partial charge on any atom is 0.0462 e. The lowest BCUT2D eigenvalue weighted by Gasteiger charge is -2.25. The third kappa shape index (κ3) is 4.43. The van der Waals surface area contributed by atoms with Crippen molar-refractivity contribution in [1.82, 2.24) is 0 Å². The summed E-state index contributed by atoms with van der Waals surface area (Å²) in [5, 5.41) is 7.69. The summed E-state index contributed by atoms with van der Waals surface area (Å²) in [4.78, 5) is 2.31. The number of nitrogens with zero attached hydrogens (tertiary/aromatic N) is 1. The first-order chi connectivity index (χ1) is 21.3. The highest BCUT2D eigenvalue weighted by Crippen LogP contribution is 2.42. The Bertz CT molecular complexity index is 2160. The Labute approximate surface area is 251 Å². The van der Waals surface area contributed by atoms with Crippen LogP contribution in [0.4, 0.5) is 17.1 Å². The molecule has 0 aliphatic carbocycles. The Morgan fingerprint density at radius 1 is 0.302 bits per heavy atom. The molecule has 43 heavy (non-hydrogen) atoms. The lowest BCUT2D eigenvalue weighted by Crippen LogP contribution is -2.09. The van der Waals surface area contributed by atoms with Crippen LogP contribution in [-0.2, 0) is 0 Å². The Hall–Kier alpha value is -5.66. The van der Waals surface area contributed by atoms with Crippen LogP contribution in [0.3, 0.4) is 0 Å². The van der Waals surface area contributed by atoms with Crippen molar-refractivity contribution < 1.29 is 0 Å². The van der Waals surface area contributed by atoms with Gasteiger partial charge in [-0.1, -0.05) is 127 Å². The smallest absolute Gasteiger partial charge is 0.0462 e. The van der Waals surface area contributed by atoms with Crippen molar-refractivity contribution in [2.75, 3.05) is 4.90 Å². The maximum absolute atomic E-state index is 2.39. The molecule has 8 aromatic rings. The van der Waals surface area contributed by atoms with Crippen LogP contribution >= 0.6 is 0 Å². The summed E-state index contributed by atoms with van der Waals surface area (Å²) in [5.41, 5.74) is 8.36. The zero-order valence-corrected chi connectivity index (χ0v) is 23.7. The van der Waals surface area contributed by atoms with E-state index < -0.39 is 0 Å². The van der Waals surface area contributed by atoms with Crippen molar-refractivity contribution >= 4 is 49.4 Å². The van der Waals surface area contributed by atoms with Crippen LogP contribution < -0.4 is 4.90 Å². The monoisotopic (exact) mass is 547 g/mol. The number of rotatable bonds is 5. The lowest BCUT2D eigenvalue weighted by atomic mass is 9.87. The number of hydrogen-bond acceptors (Lipinski definition) is 1. The van der Waals surface area contributed by atoms with Crippen LogP contribution in [0, 0.1) is 0 Å². The molecule has 0 aliphatic rings. The van der Waals surface area contributed by atoms with E-state index in [-0.39, 0.29) is 0 Å². The molecule has 0 radical (unpaired) electrons. The van der Waals surface area contributed by atoms with Gasteiger partial charge in [0.1, 0.15) is 0 Å². The van der Waals surface area contributed by atoms with Crippen LogP contribution in [0.2, 0.25) is 0 Å². The zero-order chi connectivity index (χ0) is 28.6. The average Bonchev–Trinajstić information content (AvgIpc) is 3.09. The molecule has 0 amide bonds. The van der Waals surface area contributed by atoms with Crippen molar-refractivity contribution in [3.05, 3.63) is 176 Å². The largest absolute Gasteiger partial charge is 0.311 e. The van der Waals surface area contributed by atoms with Gasteiger partial charge < -0.3 is 4.90 Å². The number of anilines is 3. The van der Waals surface area contributed by atoms with E-state index in [9.17, 15) is 0 Å². The van der Waals surface area contributed by atoms with Gasteiger partial charge in [-0.2, -0.15) is 0 Å². The van der Waals surface area contributed by atoms with Crippen LogP contribution in [0.25, 0.3) is 54.6 Å². The predicted octanol–water partition coefficient (Wildman–Crippen LogP) is 11.9. The molecule has 8 aromatic carbocycles. The normalized spacial score (nSPS) is 11.3. The Morgan fingerprint density at radius 3 is 1.16 bits per heavy atom. The Balaban J connectivity index is 1.33. The molecule has 0 atom stereocenters. The van der Waals surface area contributed by atoms with Gasteiger partial charge in [0.05, 0.1) is 0 Å². The van der Waals surface area contributed by atoms with Crippen LogP contribution in [0.1, 0.15) is 0 Å². The molecule has 0 aliphatic heterocycles. The molecule has 1 nitrogen and oxygen atoms in total. The van der Waals surface area contributed by atoms with E-state index >= 15 is 0 Å². The molecule has 8 rings (SSSR count). The Kier molecular flexibility index (Phi) is 6.20. The predicted molar refractivity (Wildman–Crippen MR) is 185 cm³/mol. The topological polar surface area (TPSA) is 3.24 Å². The second-order valence-electron chi connectivity index (χ2n) is 11.0. The molecule has 0 unspecified atom stereocenters. The van der Waals surface area contributed by atoms with Gasteiger partial charge in [0.25, 0.3) is 0 Å².